The summed E-state index contributed by atoms with van der Waals surface area (Å²) in [5.74, 6) is -1.23. The van der Waals surface area contributed by atoms with Crippen LogP contribution in [0.1, 0.15) is 42.7 Å². The van der Waals surface area contributed by atoms with Crippen molar-refractivity contribution < 1.29 is 23.5 Å². The zero-order valence-electron chi connectivity index (χ0n) is 22.0. The van der Waals surface area contributed by atoms with Crippen molar-refractivity contribution in [3.63, 3.8) is 0 Å². The summed E-state index contributed by atoms with van der Waals surface area (Å²) >= 11 is 12.4. The van der Waals surface area contributed by atoms with Crippen LogP contribution in [0, 0.1) is 5.82 Å². The monoisotopic (exact) mass is 576 g/mol. The number of urea groups is 1. The Balaban J connectivity index is 1.64. The van der Waals surface area contributed by atoms with Crippen molar-refractivity contribution in [2.45, 2.75) is 32.9 Å². The molecule has 0 radical (unpaired) electrons. The molecule has 11 heteroatoms. The second-order valence-electron chi connectivity index (χ2n) is 9.47. The van der Waals surface area contributed by atoms with E-state index >= 15 is 0 Å². The van der Waals surface area contributed by atoms with Crippen LogP contribution in [0.5, 0.6) is 0 Å². The summed E-state index contributed by atoms with van der Waals surface area (Å²) in [6.07, 6.45) is 0. The molecule has 2 aliphatic rings. The second kappa shape index (κ2) is 12.4. The quantitative estimate of drug-likeness (QED) is 0.475. The molecular formula is C28H31Cl2FN4O4. The summed E-state index contributed by atoms with van der Waals surface area (Å²) in [5.41, 5.74) is 1.76. The molecule has 1 N–H and O–H groups in total. The highest BCUT2D eigenvalue weighted by Gasteiger charge is 2.39. The van der Waals surface area contributed by atoms with Crippen LogP contribution in [0.3, 0.4) is 0 Å². The molecule has 2 heterocycles. The van der Waals surface area contributed by atoms with Gasteiger partial charge in [-0.1, -0.05) is 35.3 Å². The van der Waals surface area contributed by atoms with Crippen molar-refractivity contribution in [2.24, 2.45) is 0 Å². The van der Waals surface area contributed by atoms with Gasteiger partial charge in [-0.15, -0.1) is 0 Å². The minimum absolute atomic E-state index is 0.168. The fourth-order valence-electron chi connectivity index (χ4n) is 5.08. The maximum Gasteiger partial charge on any atom is 0.338 e. The van der Waals surface area contributed by atoms with Crippen molar-refractivity contribution in [3.8, 4) is 0 Å². The summed E-state index contributed by atoms with van der Waals surface area (Å²) in [6.45, 7) is 7.69. The lowest BCUT2D eigenvalue weighted by atomic mass is 9.94. The van der Waals surface area contributed by atoms with E-state index in [1.54, 1.807) is 36.1 Å². The third-order valence-corrected chi connectivity index (χ3v) is 7.68. The Bertz CT molecular complexity index is 1300. The molecule has 2 atom stereocenters. The SMILES string of the molecule is CCOC(=O)C1=C(CN2CCN(C(=O)c3cccc(F)c3)[C@H](C)C2)N(CC)C(=O)N[C@@H]1c1ccc(Cl)c(Cl)c1. The molecule has 0 spiro atoms. The number of carbonyl (C=O) groups is 3. The molecule has 1 saturated heterocycles. The topological polar surface area (TPSA) is 82.2 Å². The molecule has 208 valence electrons. The molecule has 0 unspecified atom stereocenters. The number of likely N-dealkylation sites (N-methyl/N-ethyl adjacent to an activating group) is 1. The van der Waals surface area contributed by atoms with Gasteiger partial charge >= 0.3 is 12.0 Å². The van der Waals surface area contributed by atoms with E-state index in [1.807, 2.05) is 13.8 Å². The number of halogens is 3. The maximum absolute atomic E-state index is 13.7. The summed E-state index contributed by atoms with van der Waals surface area (Å²) < 4.78 is 19.1. The summed E-state index contributed by atoms with van der Waals surface area (Å²) in [5, 5.41) is 3.58. The molecule has 8 nitrogen and oxygen atoms in total. The summed E-state index contributed by atoms with van der Waals surface area (Å²) in [7, 11) is 0. The molecule has 39 heavy (non-hydrogen) atoms. The first kappa shape index (κ1) is 28.9. The van der Waals surface area contributed by atoms with E-state index in [0.29, 0.717) is 65.2 Å². The predicted molar refractivity (Wildman–Crippen MR) is 147 cm³/mol. The maximum atomic E-state index is 13.7. The molecule has 0 saturated carbocycles. The van der Waals surface area contributed by atoms with Gasteiger partial charge in [0.05, 0.1) is 28.3 Å². The normalized spacial score (nSPS) is 20.2. The predicted octanol–water partition coefficient (Wildman–Crippen LogP) is 4.88. The average molecular weight is 577 g/mol. The van der Waals surface area contributed by atoms with Crippen LogP contribution < -0.4 is 5.32 Å². The number of benzene rings is 2. The molecule has 0 aliphatic carbocycles. The lowest BCUT2D eigenvalue weighted by Crippen LogP contribution is -2.56. The number of hydrogen-bond donors (Lipinski definition) is 1. The third-order valence-electron chi connectivity index (χ3n) is 6.94. The Hall–Kier alpha value is -3.14. The molecule has 0 aromatic heterocycles. The van der Waals surface area contributed by atoms with Crippen LogP contribution in [0.4, 0.5) is 9.18 Å². The molecule has 1 fully saturated rings. The van der Waals surface area contributed by atoms with Gasteiger partial charge in [-0.3, -0.25) is 14.6 Å². The van der Waals surface area contributed by atoms with E-state index in [0.717, 1.165) is 0 Å². The van der Waals surface area contributed by atoms with Crippen molar-refractivity contribution in [1.29, 1.82) is 0 Å². The zero-order valence-corrected chi connectivity index (χ0v) is 23.6. The van der Waals surface area contributed by atoms with Crippen molar-refractivity contribution >= 4 is 41.1 Å². The van der Waals surface area contributed by atoms with E-state index < -0.39 is 17.8 Å². The zero-order chi connectivity index (χ0) is 28.3. The van der Waals surface area contributed by atoms with Gasteiger partial charge < -0.3 is 15.0 Å². The number of hydrogen-bond acceptors (Lipinski definition) is 5. The summed E-state index contributed by atoms with van der Waals surface area (Å²) in [6, 6.07) is 9.33. The fourth-order valence-corrected chi connectivity index (χ4v) is 5.38. The Morgan fingerprint density at radius 2 is 1.87 bits per heavy atom. The van der Waals surface area contributed by atoms with E-state index in [-0.39, 0.29) is 24.6 Å². The average Bonchev–Trinajstić information content (AvgIpc) is 2.90. The molecule has 2 aromatic carbocycles. The van der Waals surface area contributed by atoms with Crippen molar-refractivity contribution in [3.05, 3.63) is 80.7 Å². The second-order valence-corrected chi connectivity index (χ2v) is 10.3. The van der Waals surface area contributed by atoms with E-state index in [1.165, 1.54) is 23.1 Å². The number of nitrogens with one attached hydrogen (secondary N) is 1. The lowest BCUT2D eigenvalue weighted by Gasteiger charge is -2.43. The van der Waals surface area contributed by atoms with Crippen LogP contribution in [-0.4, -0.2) is 78.0 Å². The van der Waals surface area contributed by atoms with Crippen LogP contribution in [-0.2, 0) is 9.53 Å². The molecular weight excluding hydrogens is 546 g/mol. The van der Waals surface area contributed by atoms with E-state index in [4.69, 9.17) is 27.9 Å². The van der Waals surface area contributed by atoms with Crippen molar-refractivity contribution in [1.82, 2.24) is 20.0 Å². The molecule has 3 amide bonds. The number of ether oxygens (including phenoxy) is 1. The van der Waals surface area contributed by atoms with Gasteiger partial charge in [0.1, 0.15) is 5.82 Å². The van der Waals surface area contributed by atoms with Crippen LogP contribution >= 0.6 is 23.2 Å². The highest BCUT2D eigenvalue weighted by molar-refractivity contribution is 6.42. The Kier molecular flexibility index (Phi) is 9.15. The van der Waals surface area contributed by atoms with Gasteiger partial charge in [-0.2, -0.15) is 0 Å². The Labute approximate surface area is 237 Å². The number of nitrogens with zero attached hydrogens (tertiary/aromatic N) is 3. The smallest absolute Gasteiger partial charge is 0.338 e. The number of rotatable bonds is 7. The minimum Gasteiger partial charge on any atom is -0.463 e. The van der Waals surface area contributed by atoms with Gasteiger partial charge in [-0.05, 0) is 56.7 Å². The highest BCUT2D eigenvalue weighted by atomic mass is 35.5. The van der Waals surface area contributed by atoms with Gasteiger partial charge in [0.15, 0.2) is 0 Å². The first-order valence-corrected chi connectivity index (χ1v) is 13.6. The fraction of sp³-hybridized carbons (Fsp3) is 0.393. The standard InChI is InChI=1S/C28H31Cl2FN4O4/c1-4-34-23(16-33-11-12-35(17(3)15-33)26(36)19-7-6-8-20(31)13-19)24(27(37)39-5-2)25(32-28(34)38)18-9-10-21(29)22(30)14-18/h6-10,13-14,17,25H,4-5,11-12,15-16H2,1-3H3,(H,32,38)/t17-,25-/m1/s1. The Morgan fingerprint density at radius 3 is 2.51 bits per heavy atom. The van der Waals surface area contributed by atoms with Gasteiger partial charge in [0.25, 0.3) is 5.91 Å². The first-order chi connectivity index (χ1) is 18.6. The van der Waals surface area contributed by atoms with Crippen LogP contribution in [0.2, 0.25) is 10.0 Å². The first-order valence-electron chi connectivity index (χ1n) is 12.9. The lowest BCUT2D eigenvalue weighted by molar-refractivity contribution is -0.139. The highest BCUT2D eigenvalue weighted by Crippen LogP contribution is 2.35. The van der Waals surface area contributed by atoms with E-state index in [2.05, 4.69) is 10.2 Å². The van der Waals surface area contributed by atoms with E-state index in [9.17, 15) is 18.8 Å². The molecule has 2 aliphatic heterocycles. The van der Waals surface area contributed by atoms with Crippen LogP contribution in [0.15, 0.2) is 53.7 Å². The van der Waals surface area contributed by atoms with Crippen LogP contribution in [0.25, 0.3) is 0 Å². The number of piperazine rings is 1. The molecule has 4 rings (SSSR count). The number of carbonyl (C=O) groups excluding carboxylic acids is 3. The third kappa shape index (κ3) is 6.21. The van der Waals surface area contributed by atoms with Gasteiger partial charge in [0, 0.05) is 50.0 Å². The summed E-state index contributed by atoms with van der Waals surface area (Å²) in [4.78, 5) is 44.9. The Morgan fingerprint density at radius 1 is 1.10 bits per heavy atom. The van der Waals surface area contributed by atoms with Gasteiger partial charge in [-0.25, -0.2) is 14.0 Å². The van der Waals surface area contributed by atoms with Crippen molar-refractivity contribution in [2.75, 3.05) is 39.3 Å². The van der Waals surface area contributed by atoms with Gasteiger partial charge in [0.2, 0.25) is 0 Å². The number of amides is 3. The molecule has 0 bridgehead atoms. The molecule has 2 aromatic rings. The number of esters is 1. The minimum atomic E-state index is -0.780. The largest absolute Gasteiger partial charge is 0.463 e.